The second-order valence-corrected chi connectivity index (χ2v) is 6.14. The Morgan fingerprint density at radius 1 is 0.913 bits per heavy atom. The highest BCUT2D eigenvalue weighted by Gasteiger charge is 2.19. The quantitative estimate of drug-likeness (QED) is 0.130. The Morgan fingerprint density at radius 3 is 1.96 bits per heavy atom. The molecule has 23 heavy (non-hydrogen) atoms. The normalized spacial score (nSPS) is 12.7. The van der Waals surface area contributed by atoms with Crippen LogP contribution in [-0.4, -0.2) is 24.4 Å². The molecule has 4 nitrogen and oxygen atoms in total. The van der Waals surface area contributed by atoms with Gasteiger partial charge in [0.1, 0.15) is 0 Å². The molecule has 0 bridgehead atoms. The topological polar surface area (TPSA) is 55.8 Å². The zero-order valence-corrected chi connectivity index (χ0v) is 15.1. The van der Waals surface area contributed by atoms with Crippen LogP contribution >= 0.6 is 0 Å². The summed E-state index contributed by atoms with van der Waals surface area (Å²) in [6.07, 6.45) is 19.0. The number of hydrogen-bond donors (Lipinski definition) is 1. The van der Waals surface area contributed by atoms with Crippen molar-refractivity contribution >= 4 is 5.97 Å². The van der Waals surface area contributed by atoms with E-state index < -0.39 is 12.1 Å². The Hall–Kier alpha value is -0.870. The summed E-state index contributed by atoms with van der Waals surface area (Å²) in [5, 5.41) is 8.62. The van der Waals surface area contributed by atoms with Crippen molar-refractivity contribution in [2.45, 2.75) is 96.5 Å². The van der Waals surface area contributed by atoms with E-state index in [4.69, 9.17) is 5.26 Å². The molecule has 0 saturated carbocycles. The first-order valence-electron chi connectivity index (χ1n) is 9.29. The van der Waals surface area contributed by atoms with Crippen LogP contribution < -0.4 is 0 Å². The van der Waals surface area contributed by atoms with Crippen LogP contribution in [0.5, 0.6) is 0 Å². The van der Waals surface area contributed by atoms with E-state index in [-0.39, 0.29) is 0 Å². The van der Waals surface area contributed by atoms with Crippen LogP contribution in [0.4, 0.5) is 0 Å². The second-order valence-electron chi connectivity index (χ2n) is 6.14. The summed E-state index contributed by atoms with van der Waals surface area (Å²) in [4.78, 5) is 15.3. The highest BCUT2D eigenvalue weighted by atomic mass is 17.1. The van der Waals surface area contributed by atoms with Crippen molar-refractivity contribution < 1.29 is 19.7 Å². The van der Waals surface area contributed by atoms with Crippen LogP contribution in [0.15, 0.2) is 12.2 Å². The summed E-state index contributed by atoms with van der Waals surface area (Å²) in [7, 11) is 1.30. The van der Waals surface area contributed by atoms with Gasteiger partial charge in [0.15, 0.2) is 6.10 Å². The van der Waals surface area contributed by atoms with Crippen LogP contribution in [0.25, 0.3) is 0 Å². The van der Waals surface area contributed by atoms with Crippen molar-refractivity contribution in [1.29, 1.82) is 0 Å². The highest BCUT2D eigenvalue weighted by Crippen LogP contribution is 2.11. The van der Waals surface area contributed by atoms with Crippen LogP contribution in [0, 0.1) is 0 Å². The number of carbonyl (C=O) groups is 1. The maximum absolute atomic E-state index is 11.2. The fourth-order valence-corrected chi connectivity index (χ4v) is 2.57. The fraction of sp³-hybridized carbons (Fsp3) is 0.842. The molecule has 0 fully saturated rings. The van der Waals surface area contributed by atoms with Crippen LogP contribution in [0.2, 0.25) is 0 Å². The zero-order chi connectivity index (χ0) is 17.2. The van der Waals surface area contributed by atoms with E-state index >= 15 is 0 Å². The van der Waals surface area contributed by atoms with Gasteiger partial charge >= 0.3 is 5.97 Å². The van der Waals surface area contributed by atoms with Gasteiger partial charge in [0.25, 0.3) is 0 Å². The van der Waals surface area contributed by atoms with Crippen molar-refractivity contribution in [1.82, 2.24) is 0 Å². The number of ether oxygens (including phenoxy) is 1. The molecule has 4 heteroatoms. The summed E-state index contributed by atoms with van der Waals surface area (Å²) in [6.45, 7) is 2.25. The molecule has 0 amide bonds. The van der Waals surface area contributed by atoms with Crippen LogP contribution in [0.3, 0.4) is 0 Å². The first-order chi connectivity index (χ1) is 11.3. The average Bonchev–Trinajstić information content (AvgIpc) is 2.58. The van der Waals surface area contributed by atoms with E-state index in [1.54, 1.807) is 0 Å². The first-order valence-corrected chi connectivity index (χ1v) is 9.29. The van der Waals surface area contributed by atoms with E-state index in [1.807, 2.05) is 0 Å². The summed E-state index contributed by atoms with van der Waals surface area (Å²) in [5.74, 6) is -0.509. The molecule has 0 aliphatic carbocycles. The molecule has 0 aromatic carbocycles. The lowest BCUT2D eigenvalue weighted by atomic mass is 10.1. The largest absolute Gasteiger partial charge is 0.467 e. The van der Waals surface area contributed by atoms with Gasteiger partial charge in [-0.2, -0.15) is 0 Å². The minimum absolute atomic E-state index is 0.509. The number of methoxy groups -OCH3 is 1. The van der Waals surface area contributed by atoms with Crippen molar-refractivity contribution in [3.05, 3.63) is 12.2 Å². The first kappa shape index (κ1) is 22.1. The third kappa shape index (κ3) is 14.5. The van der Waals surface area contributed by atoms with Gasteiger partial charge in [0, 0.05) is 0 Å². The Morgan fingerprint density at radius 2 is 1.43 bits per heavy atom. The molecule has 0 aromatic rings. The Labute approximate surface area is 142 Å². The smallest absolute Gasteiger partial charge is 0.338 e. The minimum atomic E-state index is -0.836. The highest BCUT2D eigenvalue weighted by molar-refractivity contribution is 5.74. The van der Waals surface area contributed by atoms with Crippen molar-refractivity contribution in [3.63, 3.8) is 0 Å². The molecule has 0 heterocycles. The minimum Gasteiger partial charge on any atom is -0.467 e. The predicted molar refractivity (Wildman–Crippen MR) is 94.4 cm³/mol. The molecule has 0 aliphatic heterocycles. The molecular weight excluding hydrogens is 292 g/mol. The monoisotopic (exact) mass is 328 g/mol. The number of allylic oxidation sites excluding steroid dienone is 2. The Kier molecular flexibility index (Phi) is 16.8. The summed E-state index contributed by atoms with van der Waals surface area (Å²) < 4.78 is 4.54. The summed E-state index contributed by atoms with van der Waals surface area (Å²) >= 11 is 0. The molecule has 1 unspecified atom stereocenters. The molecule has 0 spiro atoms. The number of unbranched alkanes of at least 4 members (excludes halogenated alkanes) is 10. The molecule has 0 radical (unpaired) electrons. The average molecular weight is 328 g/mol. The number of rotatable bonds is 16. The lowest BCUT2D eigenvalue weighted by molar-refractivity contribution is -0.278. The molecule has 1 N–H and O–H groups in total. The lowest BCUT2D eigenvalue weighted by Crippen LogP contribution is -2.24. The maximum atomic E-state index is 11.2. The lowest BCUT2D eigenvalue weighted by Gasteiger charge is -2.10. The van der Waals surface area contributed by atoms with E-state index in [1.165, 1.54) is 58.5 Å². The van der Waals surface area contributed by atoms with Gasteiger partial charge in [-0.15, -0.1) is 0 Å². The molecule has 136 valence electrons. The molecule has 0 rings (SSSR count). The molecular formula is C19H36O4. The van der Waals surface area contributed by atoms with Crippen LogP contribution in [-0.2, 0) is 14.4 Å². The molecule has 1 atom stereocenters. The Balaban J connectivity index is 3.32. The van der Waals surface area contributed by atoms with Gasteiger partial charge in [0.2, 0.25) is 0 Å². The fourth-order valence-electron chi connectivity index (χ4n) is 2.57. The van der Waals surface area contributed by atoms with E-state index in [2.05, 4.69) is 28.7 Å². The third-order valence-corrected chi connectivity index (χ3v) is 4.07. The Bertz CT molecular complexity index is 289. The van der Waals surface area contributed by atoms with E-state index in [0.29, 0.717) is 6.42 Å². The van der Waals surface area contributed by atoms with Gasteiger partial charge in [-0.05, 0) is 32.1 Å². The van der Waals surface area contributed by atoms with Gasteiger partial charge < -0.3 is 4.74 Å². The molecule has 0 aliphatic rings. The van der Waals surface area contributed by atoms with Crippen molar-refractivity contribution in [2.24, 2.45) is 0 Å². The predicted octanol–water partition coefficient (Wildman–Crippen LogP) is 5.67. The number of carbonyl (C=O) groups excluding carboxylic acids is 1. The molecule has 0 saturated heterocycles. The third-order valence-electron chi connectivity index (χ3n) is 4.07. The van der Waals surface area contributed by atoms with Crippen molar-refractivity contribution in [3.8, 4) is 0 Å². The standard InChI is InChI=1S/C19H36O4/c1-3-4-5-6-7-8-9-10-11-12-13-14-15-16-17-18(23-21)19(20)22-2/h10-11,18,21H,3-9,12-17H2,1-2H3. The van der Waals surface area contributed by atoms with Gasteiger partial charge in [0.05, 0.1) is 7.11 Å². The van der Waals surface area contributed by atoms with Gasteiger partial charge in [-0.25, -0.2) is 9.68 Å². The maximum Gasteiger partial charge on any atom is 0.338 e. The SMILES string of the molecule is CCCCCCCCC=CCCCCCCC(OO)C(=O)OC. The second kappa shape index (κ2) is 17.5. The summed E-state index contributed by atoms with van der Waals surface area (Å²) in [6, 6.07) is 0. The van der Waals surface area contributed by atoms with Gasteiger partial charge in [-0.3, -0.25) is 5.26 Å². The summed E-state index contributed by atoms with van der Waals surface area (Å²) in [5.41, 5.74) is 0. The van der Waals surface area contributed by atoms with Crippen LogP contribution in [0.1, 0.15) is 90.4 Å². The van der Waals surface area contributed by atoms with E-state index in [0.717, 1.165) is 25.7 Å². The van der Waals surface area contributed by atoms with Crippen molar-refractivity contribution in [2.75, 3.05) is 7.11 Å². The number of esters is 1. The zero-order valence-electron chi connectivity index (χ0n) is 15.1. The number of hydrogen-bond acceptors (Lipinski definition) is 4. The van der Waals surface area contributed by atoms with Gasteiger partial charge in [-0.1, -0.05) is 70.4 Å². The molecule has 0 aromatic heterocycles. The van der Waals surface area contributed by atoms with E-state index in [9.17, 15) is 4.79 Å².